The number of hydrogen-bond acceptors (Lipinski definition) is 4. The van der Waals surface area contributed by atoms with E-state index in [1.54, 1.807) is 17.7 Å². The summed E-state index contributed by atoms with van der Waals surface area (Å²) in [6, 6.07) is 14.5. The number of aryl methyl sites for hydroxylation is 1. The van der Waals surface area contributed by atoms with Gasteiger partial charge in [-0.2, -0.15) is 0 Å². The molecule has 3 rings (SSSR count). The molecule has 1 aromatic heterocycles. The number of benzene rings is 2. The van der Waals surface area contributed by atoms with Gasteiger partial charge in [-0.1, -0.05) is 30.3 Å². The van der Waals surface area contributed by atoms with Gasteiger partial charge in [-0.3, -0.25) is 4.79 Å². The van der Waals surface area contributed by atoms with Crippen molar-refractivity contribution in [1.29, 1.82) is 0 Å². The van der Waals surface area contributed by atoms with E-state index in [0.29, 0.717) is 18.0 Å². The first kappa shape index (κ1) is 19.4. The van der Waals surface area contributed by atoms with Crippen LogP contribution in [0.4, 0.5) is 4.39 Å². The Morgan fingerprint density at radius 3 is 2.32 bits per heavy atom. The maximum absolute atomic E-state index is 13.1. The van der Waals surface area contributed by atoms with E-state index in [0.717, 1.165) is 5.56 Å². The van der Waals surface area contributed by atoms with Crippen molar-refractivity contribution in [1.82, 2.24) is 4.57 Å². The fraction of sp³-hybridized carbons (Fsp3) is 0.182. The third kappa shape index (κ3) is 3.96. The van der Waals surface area contributed by atoms with Crippen LogP contribution in [0.25, 0.3) is 11.3 Å². The number of nitrogens with zero attached hydrogens (tertiary/aromatic N) is 1. The van der Waals surface area contributed by atoms with Crippen molar-refractivity contribution in [2.75, 3.05) is 6.61 Å². The lowest BCUT2D eigenvalue weighted by molar-refractivity contribution is 0.0524. The van der Waals surface area contributed by atoms with Gasteiger partial charge < -0.3 is 14.0 Å². The molecule has 0 fully saturated rings. The quantitative estimate of drug-likeness (QED) is 0.584. The van der Waals surface area contributed by atoms with Crippen molar-refractivity contribution in [3.05, 3.63) is 82.4 Å². The lowest BCUT2D eigenvalue weighted by atomic mass is 10.0. The molecule has 0 bridgehead atoms. The number of esters is 1. The molecule has 0 atom stereocenters. The highest BCUT2D eigenvalue weighted by molar-refractivity contribution is 5.96. The van der Waals surface area contributed by atoms with Crippen LogP contribution in [0.2, 0.25) is 0 Å². The van der Waals surface area contributed by atoms with Gasteiger partial charge in [-0.15, -0.1) is 0 Å². The van der Waals surface area contributed by atoms with E-state index in [2.05, 4.69) is 0 Å². The molecule has 0 unspecified atom stereocenters. The average Bonchev–Trinajstić information content (AvgIpc) is 2.71. The molecule has 6 heteroatoms. The van der Waals surface area contributed by atoms with Crippen LogP contribution >= 0.6 is 0 Å². The summed E-state index contributed by atoms with van der Waals surface area (Å²) in [6.45, 7) is 4.21. The zero-order chi connectivity index (χ0) is 20.1. The summed E-state index contributed by atoms with van der Waals surface area (Å²) in [5, 5.41) is 0. The molecule has 0 radical (unpaired) electrons. The zero-order valence-electron chi connectivity index (χ0n) is 15.6. The van der Waals surface area contributed by atoms with E-state index < -0.39 is 17.2 Å². The van der Waals surface area contributed by atoms with Crippen LogP contribution in [0.1, 0.15) is 24.2 Å². The van der Waals surface area contributed by atoms with Crippen molar-refractivity contribution in [3.8, 4) is 22.8 Å². The predicted octanol–water partition coefficient (Wildman–Crippen LogP) is 4.64. The zero-order valence-corrected chi connectivity index (χ0v) is 15.6. The predicted molar refractivity (Wildman–Crippen MR) is 104 cm³/mol. The molecule has 0 N–H and O–H groups in total. The van der Waals surface area contributed by atoms with Crippen LogP contribution in [0.15, 0.2) is 65.6 Å². The molecule has 3 aromatic rings. The summed E-state index contributed by atoms with van der Waals surface area (Å²) in [4.78, 5) is 25.7. The van der Waals surface area contributed by atoms with Crippen molar-refractivity contribution < 1.29 is 18.7 Å². The number of hydrogen-bond donors (Lipinski definition) is 0. The highest BCUT2D eigenvalue weighted by Crippen LogP contribution is 2.27. The molecule has 1 heterocycles. The summed E-state index contributed by atoms with van der Waals surface area (Å²) in [5.41, 5.74) is 0.525. The van der Waals surface area contributed by atoms with E-state index >= 15 is 0 Å². The Morgan fingerprint density at radius 1 is 1.04 bits per heavy atom. The van der Waals surface area contributed by atoms with E-state index in [1.807, 2.05) is 37.3 Å². The van der Waals surface area contributed by atoms with Crippen molar-refractivity contribution in [2.45, 2.75) is 20.4 Å². The molecule has 0 saturated heterocycles. The van der Waals surface area contributed by atoms with Gasteiger partial charge >= 0.3 is 5.97 Å². The fourth-order valence-corrected chi connectivity index (χ4v) is 2.89. The van der Waals surface area contributed by atoms with Crippen LogP contribution in [0.5, 0.6) is 11.5 Å². The third-order valence-electron chi connectivity index (χ3n) is 4.16. The van der Waals surface area contributed by atoms with Crippen LogP contribution in [0.3, 0.4) is 0 Å². The Morgan fingerprint density at radius 2 is 1.71 bits per heavy atom. The molecule has 2 aromatic carbocycles. The molecule has 5 nitrogen and oxygen atoms in total. The monoisotopic (exact) mass is 381 g/mol. The molecule has 0 saturated carbocycles. The Balaban J connectivity index is 2.20. The second-order valence-corrected chi connectivity index (χ2v) is 5.97. The van der Waals surface area contributed by atoms with Crippen molar-refractivity contribution in [3.63, 3.8) is 0 Å². The SMILES string of the molecule is CCOC(=O)c1c(-c2ccccc2)n(CC)cc(Oc2ccc(F)cc2)c1=O. The fourth-order valence-electron chi connectivity index (χ4n) is 2.89. The van der Waals surface area contributed by atoms with Crippen LogP contribution in [-0.2, 0) is 11.3 Å². The van der Waals surface area contributed by atoms with Gasteiger partial charge in [0.15, 0.2) is 5.75 Å². The van der Waals surface area contributed by atoms with Gasteiger partial charge in [-0.05, 0) is 43.7 Å². The van der Waals surface area contributed by atoms with E-state index in [4.69, 9.17) is 9.47 Å². The molecule has 28 heavy (non-hydrogen) atoms. The number of ether oxygens (including phenoxy) is 2. The molecule has 144 valence electrons. The van der Waals surface area contributed by atoms with Crippen LogP contribution < -0.4 is 10.2 Å². The third-order valence-corrected chi connectivity index (χ3v) is 4.16. The van der Waals surface area contributed by atoms with Crippen molar-refractivity contribution >= 4 is 5.97 Å². The molecular weight excluding hydrogens is 361 g/mol. The Kier molecular flexibility index (Phi) is 5.89. The number of aromatic nitrogens is 1. The van der Waals surface area contributed by atoms with Gasteiger partial charge in [0.05, 0.1) is 18.5 Å². The number of pyridine rings is 1. The maximum atomic E-state index is 13.1. The van der Waals surface area contributed by atoms with E-state index in [9.17, 15) is 14.0 Å². The van der Waals surface area contributed by atoms with E-state index in [1.165, 1.54) is 24.3 Å². The first-order valence-corrected chi connectivity index (χ1v) is 8.98. The van der Waals surface area contributed by atoms with Gasteiger partial charge in [-0.25, -0.2) is 9.18 Å². The Hall–Kier alpha value is -3.41. The van der Waals surface area contributed by atoms with Crippen LogP contribution in [-0.4, -0.2) is 17.1 Å². The standard InChI is InChI=1S/C22H20FNO4/c1-3-24-14-18(28-17-12-10-16(23)11-13-17)21(25)19(22(26)27-4-2)20(24)15-8-6-5-7-9-15/h5-14H,3-4H2,1-2H3. The van der Waals surface area contributed by atoms with Gasteiger partial charge in [0.1, 0.15) is 17.1 Å². The molecule has 0 aliphatic heterocycles. The van der Waals surface area contributed by atoms with Gasteiger partial charge in [0.2, 0.25) is 5.43 Å². The second kappa shape index (κ2) is 8.52. The summed E-state index contributed by atoms with van der Waals surface area (Å²) >= 11 is 0. The molecule has 0 aliphatic rings. The first-order chi connectivity index (χ1) is 13.5. The Bertz CT molecular complexity index is 1030. The highest BCUT2D eigenvalue weighted by Gasteiger charge is 2.24. The Labute approximate surface area is 162 Å². The average molecular weight is 381 g/mol. The maximum Gasteiger partial charge on any atom is 0.344 e. The summed E-state index contributed by atoms with van der Waals surface area (Å²) in [5.74, 6) is -0.859. The van der Waals surface area contributed by atoms with Crippen LogP contribution in [0, 0.1) is 5.82 Å². The van der Waals surface area contributed by atoms with Gasteiger partial charge in [0.25, 0.3) is 0 Å². The minimum absolute atomic E-state index is 0.0313. The van der Waals surface area contributed by atoms with Gasteiger partial charge in [0, 0.05) is 6.54 Å². The van der Waals surface area contributed by atoms with Crippen molar-refractivity contribution in [2.24, 2.45) is 0 Å². The summed E-state index contributed by atoms with van der Waals surface area (Å²) < 4.78 is 25.7. The topological polar surface area (TPSA) is 57.5 Å². The number of halogens is 1. The van der Waals surface area contributed by atoms with E-state index in [-0.39, 0.29) is 17.9 Å². The largest absolute Gasteiger partial charge is 0.462 e. The first-order valence-electron chi connectivity index (χ1n) is 8.98. The normalized spacial score (nSPS) is 10.5. The minimum atomic E-state index is -0.710. The molecule has 0 amide bonds. The summed E-state index contributed by atoms with van der Waals surface area (Å²) in [6.07, 6.45) is 1.55. The molecule has 0 aliphatic carbocycles. The lowest BCUT2D eigenvalue weighted by Gasteiger charge is -2.18. The smallest absolute Gasteiger partial charge is 0.344 e. The minimum Gasteiger partial charge on any atom is -0.462 e. The second-order valence-electron chi connectivity index (χ2n) is 5.97. The summed E-state index contributed by atoms with van der Waals surface area (Å²) in [7, 11) is 0. The molecular formula is C22H20FNO4. The number of carbonyl (C=O) groups excluding carboxylic acids is 1. The number of rotatable bonds is 6. The number of carbonyl (C=O) groups is 1. The molecule has 0 spiro atoms. The highest BCUT2D eigenvalue weighted by atomic mass is 19.1. The lowest BCUT2D eigenvalue weighted by Crippen LogP contribution is -2.24.